The summed E-state index contributed by atoms with van der Waals surface area (Å²) in [7, 11) is 0. The van der Waals surface area contributed by atoms with E-state index in [-0.39, 0.29) is 5.82 Å². The van der Waals surface area contributed by atoms with Gasteiger partial charge in [0.05, 0.1) is 0 Å². The summed E-state index contributed by atoms with van der Waals surface area (Å²) in [6.45, 7) is 5.56. The molecular formula is C20H29FN2O4. The van der Waals surface area contributed by atoms with Crippen LogP contribution in [0.5, 0.6) is 0 Å². The Hall–Kier alpha value is -1.99. The van der Waals surface area contributed by atoms with Crippen molar-refractivity contribution in [3.63, 3.8) is 0 Å². The molecule has 2 aliphatic heterocycles. The number of piperidine rings is 1. The Bertz CT molecular complexity index is 598. The molecule has 1 aromatic carbocycles. The molecule has 150 valence electrons. The fraction of sp³-hybridized carbons (Fsp3) is 0.600. The lowest BCUT2D eigenvalue weighted by atomic mass is 10.0. The number of carboxylic acid groups (broad SMARTS) is 2. The number of aliphatic carboxylic acids is 2. The number of likely N-dealkylation sites (tertiary alicyclic amines) is 2. The summed E-state index contributed by atoms with van der Waals surface area (Å²) in [5.74, 6) is -3.71. The molecule has 2 heterocycles. The van der Waals surface area contributed by atoms with Crippen LogP contribution in [0.3, 0.4) is 0 Å². The molecule has 6 nitrogen and oxygen atoms in total. The summed E-state index contributed by atoms with van der Waals surface area (Å²) in [5, 5.41) is 14.8. The quantitative estimate of drug-likeness (QED) is 0.785. The van der Waals surface area contributed by atoms with Crippen LogP contribution in [-0.2, 0) is 16.1 Å². The monoisotopic (exact) mass is 380 g/mol. The largest absolute Gasteiger partial charge is 0.473 e. The molecule has 2 N–H and O–H groups in total. The summed E-state index contributed by atoms with van der Waals surface area (Å²) < 4.78 is 13.7. The van der Waals surface area contributed by atoms with E-state index >= 15 is 0 Å². The second-order valence-electron chi connectivity index (χ2n) is 7.16. The van der Waals surface area contributed by atoms with Crippen molar-refractivity contribution in [1.29, 1.82) is 0 Å². The van der Waals surface area contributed by atoms with Crippen LogP contribution >= 0.6 is 0 Å². The first-order valence-corrected chi connectivity index (χ1v) is 9.63. The average molecular weight is 380 g/mol. The highest BCUT2D eigenvalue weighted by molar-refractivity contribution is 6.27. The maximum atomic E-state index is 13.7. The van der Waals surface area contributed by atoms with Crippen LogP contribution in [0.2, 0.25) is 0 Å². The zero-order valence-electron chi connectivity index (χ0n) is 15.6. The number of hydrogen-bond acceptors (Lipinski definition) is 4. The third kappa shape index (κ3) is 7.27. The van der Waals surface area contributed by atoms with Crippen molar-refractivity contribution < 1.29 is 24.2 Å². The highest BCUT2D eigenvalue weighted by Gasteiger charge is 2.25. The van der Waals surface area contributed by atoms with Crippen LogP contribution in [0, 0.1) is 5.82 Å². The molecular weight excluding hydrogens is 351 g/mol. The molecule has 0 aliphatic carbocycles. The Kier molecular flexibility index (Phi) is 8.67. The van der Waals surface area contributed by atoms with Crippen molar-refractivity contribution in [3.05, 3.63) is 35.6 Å². The molecule has 2 saturated heterocycles. The van der Waals surface area contributed by atoms with Crippen molar-refractivity contribution >= 4 is 11.9 Å². The van der Waals surface area contributed by atoms with Crippen LogP contribution in [0.25, 0.3) is 0 Å². The van der Waals surface area contributed by atoms with Crippen LogP contribution in [-0.4, -0.2) is 64.2 Å². The average Bonchev–Trinajstić information content (AvgIpc) is 2.94. The van der Waals surface area contributed by atoms with Gasteiger partial charge >= 0.3 is 11.9 Å². The van der Waals surface area contributed by atoms with E-state index in [2.05, 4.69) is 9.80 Å². The third-order valence-corrected chi connectivity index (χ3v) is 5.25. The molecule has 0 atom stereocenters. The standard InChI is InChI=1S/C18H27FN2.C2H2O4/c19-18-8-4-3-7-16(18)15-20-13-9-17(10-14-20)21-11-5-1-2-6-12-21;3-1(4)2(5)6/h3-4,7-8,17H,1-2,5-6,9-15H2;(H,3,4)(H,5,6). The predicted molar refractivity (Wildman–Crippen MR) is 100 cm³/mol. The third-order valence-electron chi connectivity index (χ3n) is 5.25. The van der Waals surface area contributed by atoms with Gasteiger partial charge in [0.2, 0.25) is 0 Å². The molecule has 0 bridgehead atoms. The van der Waals surface area contributed by atoms with Crippen molar-refractivity contribution in [1.82, 2.24) is 9.80 Å². The Morgan fingerprint density at radius 3 is 2.00 bits per heavy atom. The molecule has 2 aliphatic rings. The maximum absolute atomic E-state index is 13.7. The maximum Gasteiger partial charge on any atom is 0.414 e. The fourth-order valence-corrected chi connectivity index (χ4v) is 3.77. The summed E-state index contributed by atoms with van der Waals surface area (Å²) in [6.07, 6.45) is 8.04. The zero-order valence-corrected chi connectivity index (χ0v) is 15.6. The van der Waals surface area contributed by atoms with Gasteiger partial charge in [-0.15, -0.1) is 0 Å². The minimum atomic E-state index is -1.82. The van der Waals surface area contributed by atoms with E-state index in [0.717, 1.165) is 31.2 Å². The molecule has 7 heteroatoms. The van der Waals surface area contributed by atoms with E-state index in [1.807, 2.05) is 12.1 Å². The fourth-order valence-electron chi connectivity index (χ4n) is 3.77. The summed E-state index contributed by atoms with van der Waals surface area (Å²) >= 11 is 0. The van der Waals surface area contributed by atoms with E-state index in [0.29, 0.717) is 0 Å². The molecule has 0 saturated carbocycles. The second-order valence-corrected chi connectivity index (χ2v) is 7.16. The number of rotatable bonds is 3. The van der Waals surface area contributed by atoms with Crippen molar-refractivity contribution in [3.8, 4) is 0 Å². The molecule has 0 unspecified atom stereocenters. The van der Waals surface area contributed by atoms with Crippen molar-refractivity contribution in [2.24, 2.45) is 0 Å². The van der Waals surface area contributed by atoms with Gasteiger partial charge in [-0.1, -0.05) is 31.0 Å². The lowest BCUT2D eigenvalue weighted by Crippen LogP contribution is -2.45. The van der Waals surface area contributed by atoms with Gasteiger partial charge in [-0.25, -0.2) is 14.0 Å². The first kappa shape index (κ1) is 21.3. The van der Waals surface area contributed by atoms with E-state index in [1.165, 1.54) is 51.6 Å². The molecule has 0 spiro atoms. The van der Waals surface area contributed by atoms with E-state index < -0.39 is 11.9 Å². The van der Waals surface area contributed by atoms with Crippen molar-refractivity contribution in [2.45, 2.75) is 51.1 Å². The van der Waals surface area contributed by atoms with Crippen LogP contribution in [0.15, 0.2) is 24.3 Å². The second kappa shape index (κ2) is 11.0. The lowest BCUT2D eigenvalue weighted by molar-refractivity contribution is -0.159. The van der Waals surface area contributed by atoms with Crippen molar-refractivity contribution in [2.75, 3.05) is 26.2 Å². The molecule has 2 fully saturated rings. The molecule has 1 aromatic rings. The predicted octanol–water partition coefficient (Wildman–Crippen LogP) is 2.82. The topological polar surface area (TPSA) is 81.1 Å². The summed E-state index contributed by atoms with van der Waals surface area (Å²) in [6, 6.07) is 7.95. The molecule has 0 radical (unpaired) electrons. The van der Waals surface area contributed by atoms with E-state index in [1.54, 1.807) is 12.1 Å². The minimum Gasteiger partial charge on any atom is -0.473 e. The summed E-state index contributed by atoms with van der Waals surface area (Å²) in [4.78, 5) is 23.3. The zero-order chi connectivity index (χ0) is 19.6. The molecule has 27 heavy (non-hydrogen) atoms. The van der Waals surface area contributed by atoms with Gasteiger partial charge in [-0.3, -0.25) is 4.90 Å². The lowest BCUT2D eigenvalue weighted by Gasteiger charge is -2.38. The van der Waals surface area contributed by atoms with Crippen LogP contribution in [0.4, 0.5) is 4.39 Å². The Labute approximate surface area is 159 Å². The SMILES string of the molecule is Fc1ccccc1CN1CCC(N2CCCCCC2)CC1.O=C(O)C(=O)O. The number of benzene rings is 1. The summed E-state index contributed by atoms with van der Waals surface area (Å²) in [5.41, 5.74) is 0.839. The number of hydrogen-bond donors (Lipinski definition) is 2. The van der Waals surface area contributed by atoms with Gasteiger partial charge in [-0.2, -0.15) is 0 Å². The number of carboxylic acids is 2. The Balaban J connectivity index is 0.000000380. The highest BCUT2D eigenvalue weighted by atomic mass is 19.1. The Morgan fingerprint density at radius 1 is 0.926 bits per heavy atom. The normalized spacial score (nSPS) is 19.6. The van der Waals surface area contributed by atoms with Gasteiger partial charge in [0.25, 0.3) is 0 Å². The van der Waals surface area contributed by atoms with Gasteiger partial charge in [0.1, 0.15) is 5.82 Å². The molecule has 0 aromatic heterocycles. The van der Waals surface area contributed by atoms with E-state index in [9.17, 15) is 4.39 Å². The number of carbonyl (C=O) groups is 2. The molecule has 3 rings (SSSR count). The van der Waals surface area contributed by atoms with Gasteiger partial charge in [0, 0.05) is 18.2 Å². The van der Waals surface area contributed by atoms with Gasteiger partial charge in [-0.05, 0) is 57.9 Å². The first-order chi connectivity index (χ1) is 13.0. The minimum absolute atomic E-state index is 0.0628. The van der Waals surface area contributed by atoms with Gasteiger partial charge < -0.3 is 15.1 Å². The highest BCUT2D eigenvalue weighted by Crippen LogP contribution is 2.22. The number of halogens is 1. The number of nitrogens with zero attached hydrogens (tertiary/aromatic N) is 2. The van der Waals surface area contributed by atoms with Crippen LogP contribution < -0.4 is 0 Å². The smallest absolute Gasteiger partial charge is 0.414 e. The Morgan fingerprint density at radius 2 is 1.48 bits per heavy atom. The van der Waals surface area contributed by atoms with Gasteiger partial charge in [0.15, 0.2) is 0 Å². The molecule has 0 amide bonds. The van der Waals surface area contributed by atoms with Crippen LogP contribution in [0.1, 0.15) is 44.1 Å². The first-order valence-electron chi connectivity index (χ1n) is 9.63. The van der Waals surface area contributed by atoms with E-state index in [4.69, 9.17) is 19.8 Å².